The summed E-state index contributed by atoms with van der Waals surface area (Å²) in [6, 6.07) is 15.1. The topological polar surface area (TPSA) is 74.1 Å². The molecule has 6 nitrogen and oxygen atoms in total. The van der Waals surface area contributed by atoms with Gasteiger partial charge in [0.2, 0.25) is 5.91 Å². The second-order valence-electron chi connectivity index (χ2n) is 7.23. The number of aryl methyl sites for hydroxylation is 1. The lowest BCUT2D eigenvalue weighted by atomic mass is 10.1. The number of nitrogens with one attached hydrogen (secondary N) is 1. The number of para-hydroxylation sites is 1. The maximum atomic E-state index is 13.0. The molecule has 2 aliphatic rings. The van der Waals surface area contributed by atoms with Gasteiger partial charge in [0.25, 0.3) is 5.91 Å². The predicted octanol–water partition coefficient (Wildman–Crippen LogP) is 4.38. The summed E-state index contributed by atoms with van der Waals surface area (Å²) in [5.41, 5.74) is 3.61. The molecule has 2 amide bonds. The molecule has 0 aromatic heterocycles. The van der Waals surface area contributed by atoms with Crippen LogP contribution in [0.1, 0.15) is 37.8 Å². The van der Waals surface area contributed by atoms with Crippen molar-refractivity contribution in [3.63, 3.8) is 0 Å². The number of amides is 2. The van der Waals surface area contributed by atoms with Gasteiger partial charge in [-0.3, -0.25) is 14.6 Å². The second kappa shape index (κ2) is 8.83. The summed E-state index contributed by atoms with van der Waals surface area (Å²) in [5, 5.41) is 3.41. The molecule has 30 heavy (non-hydrogen) atoms. The van der Waals surface area contributed by atoms with Crippen molar-refractivity contribution >= 4 is 46.0 Å². The van der Waals surface area contributed by atoms with Gasteiger partial charge in [-0.1, -0.05) is 56.3 Å². The SMILES string of the molecule is CCCC1N=C2c3ccccc3N=C(SCC(=O)Nc3ccc(CC)cc3)N2C1=O. The molecular weight excluding hydrogens is 396 g/mol. The zero-order valence-electron chi connectivity index (χ0n) is 17.1. The van der Waals surface area contributed by atoms with Crippen LogP contribution in [-0.2, 0) is 16.0 Å². The monoisotopic (exact) mass is 420 g/mol. The van der Waals surface area contributed by atoms with Gasteiger partial charge in [-0.25, -0.2) is 9.89 Å². The van der Waals surface area contributed by atoms with Crippen LogP contribution < -0.4 is 5.32 Å². The van der Waals surface area contributed by atoms with Crippen LogP contribution in [0.3, 0.4) is 0 Å². The van der Waals surface area contributed by atoms with Crippen molar-refractivity contribution < 1.29 is 9.59 Å². The highest BCUT2D eigenvalue weighted by Crippen LogP contribution is 2.34. The van der Waals surface area contributed by atoms with E-state index in [1.54, 1.807) is 4.90 Å². The van der Waals surface area contributed by atoms with Crippen molar-refractivity contribution in [1.82, 2.24) is 4.90 Å². The molecule has 154 valence electrons. The normalized spacial score (nSPS) is 17.2. The summed E-state index contributed by atoms with van der Waals surface area (Å²) in [4.78, 5) is 36.4. The van der Waals surface area contributed by atoms with E-state index in [1.807, 2.05) is 55.5 Å². The van der Waals surface area contributed by atoms with E-state index < -0.39 is 0 Å². The van der Waals surface area contributed by atoms with Gasteiger partial charge in [0.05, 0.1) is 11.4 Å². The third-order valence-corrected chi connectivity index (χ3v) is 6.03. The highest BCUT2D eigenvalue weighted by atomic mass is 32.2. The number of hydrogen-bond acceptors (Lipinski definition) is 5. The predicted molar refractivity (Wildman–Crippen MR) is 123 cm³/mol. The summed E-state index contributed by atoms with van der Waals surface area (Å²) in [6.45, 7) is 4.13. The largest absolute Gasteiger partial charge is 0.325 e. The van der Waals surface area contributed by atoms with Crippen LogP contribution in [0.5, 0.6) is 0 Å². The van der Waals surface area contributed by atoms with Crippen molar-refractivity contribution in [2.75, 3.05) is 11.1 Å². The van der Waals surface area contributed by atoms with Gasteiger partial charge in [0, 0.05) is 11.3 Å². The smallest absolute Gasteiger partial charge is 0.259 e. The second-order valence-corrected chi connectivity index (χ2v) is 8.17. The first-order valence-corrected chi connectivity index (χ1v) is 11.2. The molecule has 1 unspecified atom stereocenters. The van der Waals surface area contributed by atoms with Crippen molar-refractivity contribution in [2.24, 2.45) is 9.98 Å². The molecule has 0 fully saturated rings. The summed E-state index contributed by atoms with van der Waals surface area (Å²) in [6.07, 6.45) is 2.53. The van der Waals surface area contributed by atoms with Crippen LogP contribution in [0.2, 0.25) is 0 Å². The van der Waals surface area contributed by atoms with Gasteiger partial charge >= 0.3 is 0 Å². The van der Waals surface area contributed by atoms with E-state index >= 15 is 0 Å². The number of anilines is 1. The van der Waals surface area contributed by atoms with Gasteiger partial charge in [0.15, 0.2) is 5.17 Å². The van der Waals surface area contributed by atoms with Crippen LogP contribution in [0, 0.1) is 0 Å². The summed E-state index contributed by atoms with van der Waals surface area (Å²) < 4.78 is 0. The van der Waals surface area contributed by atoms with Gasteiger partial charge in [-0.05, 0) is 42.7 Å². The Morgan fingerprint density at radius 1 is 1.13 bits per heavy atom. The maximum Gasteiger partial charge on any atom is 0.259 e. The lowest BCUT2D eigenvalue weighted by molar-refractivity contribution is -0.124. The number of aliphatic imine (C=N–C) groups is 2. The number of carbonyl (C=O) groups excluding carboxylic acids is 2. The van der Waals surface area contributed by atoms with E-state index in [0.717, 1.165) is 29.8 Å². The minimum Gasteiger partial charge on any atom is -0.325 e. The van der Waals surface area contributed by atoms with Crippen LogP contribution in [0.15, 0.2) is 58.5 Å². The highest BCUT2D eigenvalue weighted by molar-refractivity contribution is 8.14. The maximum absolute atomic E-state index is 13.0. The molecule has 0 spiro atoms. The van der Waals surface area contributed by atoms with Crippen LogP contribution in [0.4, 0.5) is 11.4 Å². The molecule has 2 aliphatic heterocycles. The zero-order chi connectivity index (χ0) is 21.1. The quantitative estimate of drug-likeness (QED) is 0.754. The Balaban J connectivity index is 1.50. The number of thioether (sulfide) groups is 1. The lowest BCUT2D eigenvalue weighted by Crippen LogP contribution is -2.41. The number of carbonyl (C=O) groups is 2. The van der Waals surface area contributed by atoms with E-state index in [-0.39, 0.29) is 23.6 Å². The van der Waals surface area contributed by atoms with Gasteiger partial charge in [-0.2, -0.15) is 0 Å². The molecule has 0 bridgehead atoms. The van der Waals surface area contributed by atoms with Crippen LogP contribution >= 0.6 is 11.8 Å². The van der Waals surface area contributed by atoms with Crippen molar-refractivity contribution in [3.05, 3.63) is 59.7 Å². The average Bonchev–Trinajstić information content (AvgIpc) is 3.09. The van der Waals surface area contributed by atoms with E-state index in [9.17, 15) is 9.59 Å². The van der Waals surface area contributed by atoms with Gasteiger partial charge < -0.3 is 5.32 Å². The first kappa shape index (κ1) is 20.3. The number of hydrogen-bond donors (Lipinski definition) is 1. The Hall–Kier alpha value is -2.93. The lowest BCUT2D eigenvalue weighted by Gasteiger charge is -2.25. The number of nitrogens with zero attached hydrogens (tertiary/aromatic N) is 3. The number of amidine groups is 2. The number of fused-ring (bicyclic) bond motifs is 3. The first-order chi connectivity index (χ1) is 14.6. The fourth-order valence-electron chi connectivity index (χ4n) is 3.51. The van der Waals surface area contributed by atoms with Crippen LogP contribution in [0.25, 0.3) is 0 Å². The van der Waals surface area contributed by atoms with Crippen LogP contribution in [-0.4, -0.2) is 39.5 Å². The van der Waals surface area contributed by atoms with E-state index in [4.69, 9.17) is 0 Å². The fourth-order valence-corrected chi connectivity index (χ4v) is 4.31. The Labute approximate surface area is 180 Å². The molecule has 0 aliphatic carbocycles. The van der Waals surface area contributed by atoms with Crippen molar-refractivity contribution in [1.29, 1.82) is 0 Å². The molecule has 0 radical (unpaired) electrons. The van der Waals surface area contributed by atoms with Crippen molar-refractivity contribution in [2.45, 2.75) is 39.2 Å². The first-order valence-electron chi connectivity index (χ1n) is 10.2. The molecule has 7 heteroatoms. The third-order valence-electron chi connectivity index (χ3n) is 5.09. The Morgan fingerprint density at radius 3 is 2.63 bits per heavy atom. The molecular formula is C23H24N4O2S. The molecule has 4 rings (SSSR count). The summed E-state index contributed by atoms with van der Waals surface area (Å²) in [5.74, 6) is 0.595. The minimum absolute atomic E-state index is 0.0665. The highest BCUT2D eigenvalue weighted by Gasteiger charge is 2.40. The Kier molecular flexibility index (Phi) is 5.99. The molecule has 0 saturated carbocycles. The Morgan fingerprint density at radius 2 is 1.90 bits per heavy atom. The molecule has 2 heterocycles. The minimum atomic E-state index is -0.382. The molecule has 0 saturated heterocycles. The van der Waals surface area contributed by atoms with E-state index in [2.05, 4.69) is 22.2 Å². The number of rotatable bonds is 6. The molecule has 2 aromatic carbocycles. The van der Waals surface area contributed by atoms with Gasteiger partial charge in [0.1, 0.15) is 11.9 Å². The van der Waals surface area contributed by atoms with E-state index in [1.165, 1.54) is 17.3 Å². The molecule has 1 N–H and O–H groups in total. The van der Waals surface area contributed by atoms with Crippen molar-refractivity contribution in [3.8, 4) is 0 Å². The standard InChI is InChI=1S/C23H24N4O2S/c1-3-7-19-22(29)27-21(25-19)17-8-5-6-9-18(17)26-23(27)30-14-20(28)24-16-12-10-15(4-2)11-13-16/h5-6,8-13,19H,3-4,7,14H2,1-2H3,(H,24,28). The Bertz CT molecular complexity index is 1030. The number of benzene rings is 2. The third kappa shape index (κ3) is 4.03. The zero-order valence-corrected chi connectivity index (χ0v) is 17.9. The van der Waals surface area contributed by atoms with E-state index in [0.29, 0.717) is 17.4 Å². The summed E-state index contributed by atoms with van der Waals surface area (Å²) in [7, 11) is 0. The molecule has 2 aromatic rings. The average molecular weight is 421 g/mol. The summed E-state index contributed by atoms with van der Waals surface area (Å²) >= 11 is 1.26. The fraction of sp³-hybridized carbons (Fsp3) is 0.304. The van der Waals surface area contributed by atoms with Gasteiger partial charge in [-0.15, -0.1) is 0 Å². The molecule has 1 atom stereocenters.